The zero-order valence-electron chi connectivity index (χ0n) is 44.4. The second-order valence-electron chi connectivity index (χ2n) is 22.0. The van der Waals surface area contributed by atoms with Crippen LogP contribution in [0, 0.1) is 0 Å². The van der Waals surface area contributed by atoms with E-state index in [0.29, 0.717) is 0 Å². The van der Waals surface area contributed by atoms with Crippen LogP contribution in [0.5, 0.6) is 23.0 Å². The van der Waals surface area contributed by atoms with E-state index in [1.807, 2.05) is 6.07 Å². The maximum Gasteiger partial charge on any atom is 0.135 e. The van der Waals surface area contributed by atoms with E-state index in [1.165, 1.54) is 131 Å². The van der Waals surface area contributed by atoms with Crippen LogP contribution in [-0.2, 0) is 0 Å². The van der Waals surface area contributed by atoms with Crippen molar-refractivity contribution in [3.05, 3.63) is 279 Å². The van der Waals surface area contributed by atoms with Gasteiger partial charge in [0.15, 0.2) is 0 Å². The summed E-state index contributed by atoms with van der Waals surface area (Å²) in [7, 11) is 0. The lowest BCUT2D eigenvalue weighted by atomic mass is 9.82. The van der Waals surface area contributed by atoms with Crippen LogP contribution < -0.4 is 9.47 Å². The molecule has 16 aromatic carbocycles. The summed E-state index contributed by atoms with van der Waals surface area (Å²) in [5.41, 5.74) is 16.7. The minimum absolute atomic E-state index is 0.857. The number of para-hydroxylation sites is 1. The number of hydrogen-bond acceptors (Lipinski definition) is 2. The Morgan fingerprint density at radius 3 is 1.09 bits per heavy atom. The lowest BCUT2D eigenvalue weighted by Gasteiger charge is -2.25. The van der Waals surface area contributed by atoms with Crippen molar-refractivity contribution in [3.8, 4) is 101 Å². The van der Waals surface area contributed by atoms with Crippen LogP contribution >= 0.6 is 0 Å². The Morgan fingerprint density at radius 2 is 0.488 bits per heavy atom. The summed E-state index contributed by atoms with van der Waals surface area (Å²) >= 11 is 0. The minimum atomic E-state index is 0.857. The standard InChI is InChI=1S/C80H46O2/c1-2-20-49-47(18-1)19-15-32-55(49)75-57-24-5-9-28-61(57)77(62-29-10-6-25-58(62)75)69-43-42-68-54-39-38-48(46-74(54)82-72-37-17-35-66(69)80(68)72)50-40-41-67(52-22-4-3-21-51(50)52)76-59-26-7-11-30-63(59)78(64-31-12-8-27-60(64)76)70-44-45-73-79-56(33-16-34-65(70)79)53-23-13-14-36-71(53)81-73/h1-46H. The zero-order valence-corrected chi connectivity index (χ0v) is 44.4. The van der Waals surface area contributed by atoms with Gasteiger partial charge in [0.05, 0.1) is 0 Å². The molecule has 2 heterocycles. The van der Waals surface area contributed by atoms with Gasteiger partial charge in [-0.2, -0.15) is 0 Å². The lowest BCUT2D eigenvalue weighted by Crippen LogP contribution is -1.99. The molecule has 0 amide bonds. The highest BCUT2D eigenvalue weighted by molar-refractivity contribution is 6.28. The van der Waals surface area contributed by atoms with Gasteiger partial charge in [-0.3, -0.25) is 0 Å². The van der Waals surface area contributed by atoms with Crippen LogP contribution in [-0.4, -0.2) is 0 Å². The molecule has 0 fully saturated rings. The average molecular weight is 1040 g/mol. The van der Waals surface area contributed by atoms with Gasteiger partial charge in [0, 0.05) is 21.9 Å². The van der Waals surface area contributed by atoms with Gasteiger partial charge in [-0.1, -0.05) is 243 Å². The van der Waals surface area contributed by atoms with Gasteiger partial charge >= 0.3 is 0 Å². The average Bonchev–Trinajstić information content (AvgIpc) is 1.84. The van der Waals surface area contributed by atoms with Crippen molar-refractivity contribution >= 4 is 86.2 Å². The predicted molar refractivity (Wildman–Crippen MR) is 345 cm³/mol. The van der Waals surface area contributed by atoms with Gasteiger partial charge in [-0.05, 0) is 179 Å². The fourth-order valence-corrected chi connectivity index (χ4v) is 14.4. The molecular formula is C80H46O2. The van der Waals surface area contributed by atoms with Gasteiger partial charge in [0.1, 0.15) is 23.0 Å². The largest absolute Gasteiger partial charge is 0.456 e. The van der Waals surface area contributed by atoms with Gasteiger partial charge < -0.3 is 9.47 Å². The fourth-order valence-electron chi connectivity index (χ4n) is 14.4. The molecular weight excluding hydrogens is 993 g/mol. The number of rotatable bonds is 5. The quantitative estimate of drug-likeness (QED) is 0.160. The molecule has 0 radical (unpaired) electrons. The summed E-state index contributed by atoms with van der Waals surface area (Å²) in [5.74, 6) is 3.51. The van der Waals surface area contributed by atoms with Crippen molar-refractivity contribution in [3.63, 3.8) is 0 Å². The van der Waals surface area contributed by atoms with Crippen molar-refractivity contribution in [1.29, 1.82) is 0 Å². The Kier molecular flexibility index (Phi) is 9.54. The van der Waals surface area contributed by atoms with Crippen molar-refractivity contribution in [2.75, 3.05) is 0 Å². The molecule has 0 atom stereocenters. The van der Waals surface area contributed by atoms with E-state index in [9.17, 15) is 0 Å². The van der Waals surface area contributed by atoms with E-state index >= 15 is 0 Å². The predicted octanol–water partition coefficient (Wildman–Crippen LogP) is 22.8. The van der Waals surface area contributed by atoms with Crippen LogP contribution in [0.3, 0.4) is 0 Å². The molecule has 378 valence electrons. The molecule has 0 unspecified atom stereocenters. The van der Waals surface area contributed by atoms with Crippen LogP contribution in [0.25, 0.3) is 164 Å². The molecule has 0 N–H and O–H groups in total. The van der Waals surface area contributed by atoms with Gasteiger partial charge in [0.2, 0.25) is 0 Å². The molecule has 16 aromatic rings. The Labute approximate surface area is 472 Å². The number of hydrogen-bond donors (Lipinski definition) is 0. The Hall–Kier alpha value is -10.8. The van der Waals surface area contributed by atoms with E-state index in [1.54, 1.807) is 0 Å². The summed E-state index contributed by atoms with van der Waals surface area (Å²) in [6.07, 6.45) is 0. The highest BCUT2D eigenvalue weighted by atomic mass is 16.5. The Balaban J connectivity index is 0.772. The van der Waals surface area contributed by atoms with Crippen LogP contribution in [0.1, 0.15) is 0 Å². The molecule has 2 aliphatic rings. The summed E-state index contributed by atoms with van der Waals surface area (Å²) in [4.78, 5) is 0. The molecule has 0 saturated carbocycles. The molecule has 0 saturated heterocycles. The molecule has 2 heteroatoms. The number of ether oxygens (including phenoxy) is 2. The Bertz CT molecular complexity index is 5350. The van der Waals surface area contributed by atoms with Crippen LogP contribution in [0.4, 0.5) is 0 Å². The molecule has 0 bridgehead atoms. The molecule has 82 heavy (non-hydrogen) atoms. The molecule has 2 aliphatic heterocycles. The SMILES string of the molecule is c1ccc2c(c1)Oc1ccc(-c3c4ccccc4c(-c4ccc(-c5ccc6c(c5)Oc5cccc7c(-c8c9ccccc9c(-c9cccc%10ccccc9%10)c9ccccc89)ccc-6c57)c5ccccc45)c4ccccc34)c3cccc-2c13. The first kappa shape index (κ1) is 45.1. The van der Waals surface area contributed by atoms with E-state index < -0.39 is 0 Å². The number of benzene rings is 16. The third-order valence-corrected chi connectivity index (χ3v) is 17.9. The van der Waals surface area contributed by atoms with E-state index in [2.05, 4.69) is 273 Å². The molecule has 2 nitrogen and oxygen atoms in total. The normalized spacial score (nSPS) is 12.3. The summed E-state index contributed by atoms with van der Waals surface area (Å²) < 4.78 is 13.7. The second kappa shape index (κ2) is 17.3. The van der Waals surface area contributed by atoms with Gasteiger partial charge in [0.25, 0.3) is 0 Å². The lowest BCUT2D eigenvalue weighted by molar-refractivity contribution is 0.487. The van der Waals surface area contributed by atoms with Crippen LogP contribution in [0.2, 0.25) is 0 Å². The monoisotopic (exact) mass is 1040 g/mol. The minimum Gasteiger partial charge on any atom is -0.456 e. The fraction of sp³-hybridized carbons (Fsp3) is 0. The highest BCUT2D eigenvalue weighted by Gasteiger charge is 2.28. The van der Waals surface area contributed by atoms with E-state index in [-0.39, 0.29) is 0 Å². The Morgan fingerprint density at radius 1 is 0.171 bits per heavy atom. The molecule has 18 rings (SSSR count). The van der Waals surface area contributed by atoms with E-state index in [4.69, 9.17) is 9.47 Å². The first-order chi connectivity index (χ1) is 40.7. The third-order valence-electron chi connectivity index (χ3n) is 17.9. The van der Waals surface area contributed by atoms with Crippen LogP contribution in [0.15, 0.2) is 279 Å². The van der Waals surface area contributed by atoms with Crippen molar-refractivity contribution < 1.29 is 9.47 Å². The smallest absolute Gasteiger partial charge is 0.135 e. The number of fused-ring (bicyclic) bond motifs is 10. The van der Waals surface area contributed by atoms with E-state index in [0.717, 1.165) is 56.0 Å². The summed E-state index contributed by atoms with van der Waals surface area (Å²) in [6.45, 7) is 0. The molecule has 0 aromatic heterocycles. The summed E-state index contributed by atoms with van der Waals surface area (Å²) in [5, 5.41) is 19.3. The second-order valence-corrected chi connectivity index (χ2v) is 22.0. The third kappa shape index (κ3) is 6.40. The first-order valence-corrected chi connectivity index (χ1v) is 28.3. The first-order valence-electron chi connectivity index (χ1n) is 28.3. The molecule has 0 aliphatic carbocycles. The van der Waals surface area contributed by atoms with Gasteiger partial charge in [-0.15, -0.1) is 0 Å². The topological polar surface area (TPSA) is 18.5 Å². The molecule has 0 spiro atoms. The summed E-state index contributed by atoms with van der Waals surface area (Å²) in [6, 6.07) is 102. The zero-order chi connectivity index (χ0) is 53.6. The van der Waals surface area contributed by atoms with Gasteiger partial charge in [-0.25, -0.2) is 0 Å². The van der Waals surface area contributed by atoms with Crippen molar-refractivity contribution in [2.45, 2.75) is 0 Å². The maximum absolute atomic E-state index is 7.10. The highest BCUT2D eigenvalue weighted by Crippen LogP contribution is 2.55. The van der Waals surface area contributed by atoms with Crippen molar-refractivity contribution in [2.24, 2.45) is 0 Å². The van der Waals surface area contributed by atoms with Crippen molar-refractivity contribution in [1.82, 2.24) is 0 Å². The maximum atomic E-state index is 7.10.